The third-order valence-electron chi connectivity index (χ3n) is 2.88. The van der Waals surface area contributed by atoms with Gasteiger partial charge in [-0.1, -0.05) is 11.6 Å². The second kappa shape index (κ2) is 4.39. The van der Waals surface area contributed by atoms with Crippen molar-refractivity contribution in [2.24, 2.45) is 5.41 Å². The molecule has 4 nitrogen and oxygen atoms in total. The molecule has 2 N–H and O–H groups in total. The fraction of sp³-hybridized carbons (Fsp3) is 0.455. The molecule has 86 valence electrons. The number of carbonyl (C=O) groups is 1. The molecule has 5 heteroatoms. The van der Waals surface area contributed by atoms with Crippen LogP contribution < -0.4 is 10.6 Å². The first-order valence-corrected chi connectivity index (χ1v) is 5.62. The van der Waals surface area contributed by atoms with Crippen LogP contribution in [0.2, 0.25) is 5.02 Å². The Balaban J connectivity index is 2.07. The fourth-order valence-electron chi connectivity index (χ4n) is 1.75. The maximum Gasteiger partial charge on any atom is 0.232 e. The van der Waals surface area contributed by atoms with E-state index < -0.39 is 0 Å². The standard InChI is InChI=1S/C11H14ClN3O/c1-11(3-5-13-7-11)10(16)15-9-6-8(12)2-4-14-9/h2,4,6,13H,3,5,7H2,1H3,(H,14,15,16). The number of rotatable bonds is 2. The van der Waals surface area contributed by atoms with Crippen molar-refractivity contribution in [1.82, 2.24) is 10.3 Å². The maximum atomic E-state index is 12.0. The summed E-state index contributed by atoms with van der Waals surface area (Å²) in [5, 5.41) is 6.54. The lowest BCUT2D eigenvalue weighted by molar-refractivity contribution is -0.123. The molecule has 0 aromatic carbocycles. The largest absolute Gasteiger partial charge is 0.316 e. The quantitative estimate of drug-likeness (QED) is 0.826. The number of nitrogens with one attached hydrogen (secondary N) is 2. The molecule has 0 saturated carbocycles. The normalized spacial score (nSPS) is 24.4. The molecule has 1 aromatic heterocycles. The number of hydrogen-bond acceptors (Lipinski definition) is 3. The summed E-state index contributed by atoms with van der Waals surface area (Å²) in [6.45, 7) is 3.54. The van der Waals surface area contributed by atoms with Crippen LogP contribution in [-0.2, 0) is 4.79 Å². The van der Waals surface area contributed by atoms with Crippen molar-refractivity contribution in [3.63, 3.8) is 0 Å². The lowest BCUT2D eigenvalue weighted by Crippen LogP contribution is -2.35. The number of anilines is 1. The van der Waals surface area contributed by atoms with Gasteiger partial charge in [0, 0.05) is 17.8 Å². The molecule has 2 heterocycles. The molecule has 0 bridgehead atoms. The van der Waals surface area contributed by atoms with E-state index in [1.807, 2.05) is 6.92 Å². The molecule has 0 spiro atoms. The topological polar surface area (TPSA) is 54.0 Å². The van der Waals surface area contributed by atoms with Gasteiger partial charge in [0.25, 0.3) is 0 Å². The molecule has 0 radical (unpaired) electrons. The highest BCUT2D eigenvalue weighted by molar-refractivity contribution is 6.30. The average molecular weight is 240 g/mol. The zero-order valence-corrected chi connectivity index (χ0v) is 9.84. The zero-order chi connectivity index (χ0) is 11.6. The van der Waals surface area contributed by atoms with Crippen LogP contribution in [0.1, 0.15) is 13.3 Å². The van der Waals surface area contributed by atoms with Gasteiger partial charge in [-0.2, -0.15) is 0 Å². The number of hydrogen-bond donors (Lipinski definition) is 2. The van der Waals surface area contributed by atoms with Crippen LogP contribution in [0.5, 0.6) is 0 Å². The maximum absolute atomic E-state index is 12.0. The summed E-state index contributed by atoms with van der Waals surface area (Å²) in [7, 11) is 0. The molecular weight excluding hydrogens is 226 g/mol. The van der Waals surface area contributed by atoms with Gasteiger partial charge in [-0.05, 0) is 32.0 Å². The van der Waals surface area contributed by atoms with Gasteiger partial charge in [0.05, 0.1) is 5.41 Å². The van der Waals surface area contributed by atoms with Crippen molar-refractivity contribution in [3.8, 4) is 0 Å². The second-order valence-electron chi connectivity index (χ2n) is 4.30. The third-order valence-corrected chi connectivity index (χ3v) is 3.12. The van der Waals surface area contributed by atoms with Gasteiger partial charge in [0.2, 0.25) is 5.91 Å². The first-order valence-electron chi connectivity index (χ1n) is 5.24. The van der Waals surface area contributed by atoms with Crippen LogP contribution in [0.4, 0.5) is 5.82 Å². The van der Waals surface area contributed by atoms with Crippen LogP contribution >= 0.6 is 11.6 Å². The van der Waals surface area contributed by atoms with Crippen molar-refractivity contribution in [2.75, 3.05) is 18.4 Å². The summed E-state index contributed by atoms with van der Waals surface area (Å²) >= 11 is 5.82. The Morgan fingerprint density at radius 2 is 2.50 bits per heavy atom. The van der Waals surface area contributed by atoms with Crippen molar-refractivity contribution in [3.05, 3.63) is 23.4 Å². The summed E-state index contributed by atoms with van der Waals surface area (Å²) in [6, 6.07) is 3.32. The highest BCUT2D eigenvalue weighted by Crippen LogP contribution is 2.26. The van der Waals surface area contributed by atoms with Crippen LogP contribution in [0, 0.1) is 5.41 Å². The summed E-state index contributed by atoms with van der Waals surface area (Å²) in [4.78, 5) is 16.1. The Morgan fingerprint density at radius 3 is 3.12 bits per heavy atom. The molecule has 1 saturated heterocycles. The van der Waals surface area contributed by atoms with Crippen LogP contribution in [0.15, 0.2) is 18.3 Å². The van der Waals surface area contributed by atoms with E-state index in [0.29, 0.717) is 17.4 Å². The predicted molar refractivity (Wildman–Crippen MR) is 63.5 cm³/mol. The Hall–Kier alpha value is -1.13. The lowest BCUT2D eigenvalue weighted by Gasteiger charge is -2.20. The number of amides is 1. The summed E-state index contributed by atoms with van der Waals surface area (Å²) in [5.74, 6) is 0.498. The number of carbonyl (C=O) groups excluding carboxylic acids is 1. The van der Waals surface area contributed by atoms with E-state index >= 15 is 0 Å². The summed E-state index contributed by atoms with van der Waals surface area (Å²) in [5.41, 5.74) is -0.343. The van der Waals surface area contributed by atoms with Gasteiger partial charge in [-0.3, -0.25) is 4.79 Å². The SMILES string of the molecule is CC1(C(=O)Nc2cc(Cl)ccn2)CCNC1. The molecule has 2 rings (SSSR count). The molecule has 1 unspecified atom stereocenters. The Bertz CT molecular complexity index is 402. The molecule has 1 fully saturated rings. The molecule has 1 amide bonds. The second-order valence-corrected chi connectivity index (χ2v) is 4.74. The Morgan fingerprint density at radius 1 is 1.69 bits per heavy atom. The zero-order valence-electron chi connectivity index (χ0n) is 9.09. The Kier molecular flexibility index (Phi) is 3.12. The monoisotopic (exact) mass is 239 g/mol. The summed E-state index contributed by atoms with van der Waals surface area (Å²) in [6.07, 6.45) is 2.42. The van der Waals surface area contributed by atoms with Crippen molar-refractivity contribution >= 4 is 23.3 Å². The first kappa shape index (κ1) is 11.4. The molecule has 16 heavy (non-hydrogen) atoms. The number of nitrogens with zero attached hydrogens (tertiary/aromatic N) is 1. The molecule has 1 aliphatic heterocycles. The highest BCUT2D eigenvalue weighted by atomic mass is 35.5. The molecular formula is C11H14ClN3O. The van der Waals surface area contributed by atoms with E-state index in [1.54, 1.807) is 18.3 Å². The van der Waals surface area contributed by atoms with E-state index in [2.05, 4.69) is 15.6 Å². The smallest absolute Gasteiger partial charge is 0.232 e. The van der Waals surface area contributed by atoms with E-state index in [9.17, 15) is 4.79 Å². The van der Waals surface area contributed by atoms with Crippen LogP contribution in [0.25, 0.3) is 0 Å². The highest BCUT2D eigenvalue weighted by Gasteiger charge is 2.36. The van der Waals surface area contributed by atoms with E-state index in [4.69, 9.17) is 11.6 Å². The van der Waals surface area contributed by atoms with Crippen molar-refractivity contribution in [2.45, 2.75) is 13.3 Å². The molecule has 1 atom stereocenters. The molecule has 1 aliphatic rings. The van der Waals surface area contributed by atoms with Gasteiger partial charge in [0.15, 0.2) is 0 Å². The first-order chi connectivity index (χ1) is 7.60. The van der Waals surface area contributed by atoms with Gasteiger partial charge < -0.3 is 10.6 Å². The Labute approximate surface area is 99.4 Å². The minimum absolute atomic E-state index is 0.00716. The molecule has 1 aromatic rings. The van der Waals surface area contributed by atoms with Crippen molar-refractivity contribution < 1.29 is 4.79 Å². The number of aromatic nitrogens is 1. The summed E-state index contributed by atoms with van der Waals surface area (Å²) < 4.78 is 0. The number of pyridine rings is 1. The molecule has 0 aliphatic carbocycles. The predicted octanol–water partition coefficient (Wildman–Crippen LogP) is 1.67. The minimum Gasteiger partial charge on any atom is -0.316 e. The van der Waals surface area contributed by atoms with E-state index in [0.717, 1.165) is 13.0 Å². The van der Waals surface area contributed by atoms with E-state index in [-0.39, 0.29) is 11.3 Å². The van der Waals surface area contributed by atoms with Crippen molar-refractivity contribution in [1.29, 1.82) is 0 Å². The van der Waals surface area contributed by atoms with E-state index in [1.165, 1.54) is 0 Å². The van der Waals surface area contributed by atoms with Gasteiger partial charge in [-0.15, -0.1) is 0 Å². The van der Waals surface area contributed by atoms with Crippen LogP contribution in [-0.4, -0.2) is 24.0 Å². The minimum atomic E-state index is -0.343. The lowest BCUT2D eigenvalue weighted by atomic mass is 9.89. The number of halogens is 1. The third kappa shape index (κ3) is 2.33. The van der Waals surface area contributed by atoms with Gasteiger partial charge in [-0.25, -0.2) is 4.98 Å². The van der Waals surface area contributed by atoms with Gasteiger partial charge >= 0.3 is 0 Å². The van der Waals surface area contributed by atoms with Gasteiger partial charge in [0.1, 0.15) is 5.82 Å². The van der Waals surface area contributed by atoms with Crippen LogP contribution in [0.3, 0.4) is 0 Å². The fourth-order valence-corrected chi connectivity index (χ4v) is 1.91. The average Bonchev–Trinajstić information content (AvgIpc) is 2.66.